The van der Waals surface area contributed by atoms with Crippen molar-refractivity contribution in [2.24, 2.45) is 0 Å². The van der Waals surface area contributed by atoms with E-state index in [9.17, 15) is 9.59 Å². The first-order valence-corrected chi connectivity index (χ1v) is 10.5. The normalized spacial score (nSPS) is 19.9. The van der Waals surface area contributed by atoms with Crippen molar-refractivity contribution in [3.8, 4) is 0 Å². The van der Waals surface area contributed by atoms with Crippen LogP contribution in [-0.2, 0) is 22.6 Å². The number of fused-ring (bicyclic) bond motifs is 1. The molecule has 1 aromatic carbocycles. The molecule has 4 rings (SSSR count). The minimum absolute atomic E-state index is 0.0738. The van der Waals surface area contributed by atoms with Crippen molar-refractivity contribution in [3.63, 3.8) is 0 Å². The van der Waals surface area contributed by atoms with Crippen LogP contribution >= 0.6 is 0 Å². The molecule has 2 aliphatic rings. The summed E-state index contributed by atoms with van der Waals surface area (Å²) in [5.41, 5.74) is 0.876. The number of amides is 1. The zero-order valence-corrected chi connectivity index (χ0v) is 17.0. The standard InChI is InChI=1S/C21H29N5O3/c1-2-8-23-9-11-24(12-10-23)19(27)15-18-20-22-26(16-17-6-4-3-5-7-17)21(28)25(20)13-14-29-18/h3-7,18H,2,8-16H2,1H3. The third kappa shape index (κ3) is 4.43. The van der Waals surface area contributed by atoms with E-state index in [1.165, 1.54) is 4.68 Å². The fourth-order valence-corrected chi connectivity index (χ4v) is 4.10. The van der Waals surface area contributed by atoms with Gasteiger partial charge in [-0.15, -0.1) is 0 Å². The molecule has 1 fully saturated rings. The Bertz CT molecular complexity index is 883. The van der Waals surface area contributed by atoms with Crippen molar-refractivity contribution >= 4 is 5.91 Å². The van der Waals surface area contributed by atoms with Crippen LogP contribution in [0.4, 0.5) is 0 Å². The number of ether oxygens (including phenoxy) is 1. The van der Waals surface area contributed by atoms with Crippen molar-refractivity contribution in [2.75, 3.05) is 39.3 Å². The highest BCUT2D eigenvalue weighted by atomic mass is 16.5. The van der Waals surface area contributed by atoms with Crippen LogP contribution in [-0.4, -0.2) is 69.4 Å². The zero-order chi connectivity index (χ0) is 20.2. The summed E-state index contributed by atoms with van der Waals surface area (Å²) in [5, 5.41) is 4.52. The molecule has 0 radical (unpaired) electrons. The van der Waals surface area contributed by atoms with Crippen molar-refractivity contribution in [2.45, 2.75) is 39.0 Å². The van der Waals surface area contributed by atoms with Crippen molar-refractivity contribution < 1.29 is 9.53 Å². The fraction of sp³-hybridized carbons (Fsp3) is 0.571. The topological polar surface area (TPSA) is 72.6 Å². The van der Waals surface area contributed by atoms with Gasteiger partial charge < -0.3 is 9.64 Å². The molecule has 0 saturated carbocycles. The molecular weight excluding hydrogens is 370 g/mol. The van der Waals surface area contributed by atoms with Gasteiger partial charge in [0.1, 0.15) is 6.10 Å². The van der Waals surface area contributed by atoms with Gasteiger partial charge in [0.15, 0.2) is 5.82 Å². The van der Waals surface area contributed by atoms with Crippen LogP contribution in [0.15, 0.2) is 35.1 Å². The molecular formula is C21H29N5O3. The third-order valence-corrected chi connectivity index (χ3v) is 5.67. The average Bonchev–Trinajstić information content (AvgIpc) is 3.06. The van der Waals surface area contributed by atoms with E-state index in [1.807, 2.05) is 35.2 Å². The second-order valence-corrected chi connectivity index (χ2v) is 7.72. The molecule has 1 unspecified atom stereocenters. The van der Waals surface area contributed by atoms with Gasteiger partial charge >= 0.3 is 5.69 Å². The molecule has 1 saturated heterocycles. The molecule has 8 nitrogen and oxygen atoms in total. The minimum atomic E-state index is -0.463. The molecule has 29 heavy (non-hydrogen) atoms. The fourth-order valence-electron chi connectivity index (χ4n) is 4.10. The number of carbonyl (C=O) groups excluding carboxylic acids is 1. The Morgan fingerprint density at radius 1 is 1.14 bits per heavy atom. The van der Waals surface area contributed by atoms with E-state index in [1.54, 1.807) is 4.57 Å². The first kappa shape index (κ1) is 19.8. The largest absolute Gasteiger partial charge is 0.368 e. The monoisotopic (exact) mass is 399 g/mol. The maximum Gasteiger partial charge on any atom is 0.346 e. The highest BCUT2D eigenvalue weighted by Gasteiger charge is 2.31. The second-order valence-electron chi connectivity index (χ2n) is 7.72. The summed E-state index contributed by atoms with van der Waals surface area (Å²) < 4.78 is 8.98. The summed E-state index contributed by atoms with van der Waals surface area (Å²) >= 11 is 0. The van der Waals surface area contributed by atoms with E-state index in [0.717, 1.165) is 44.7 Å². The Morgan fingerprint density at radius 2 is 1.90 bits per heavy atom. The molecule has 0 aliphatic carbocycles. The lowest BCUT2D eigenvalue weighted by Crippen LogP contribution is -2.49. The Balaban J connectivity index is 1.44. The summed E-state index contributed by atoms with van der Waals surface area (Å²) in [6.45, 7) is 7.91. The van der Waals surface area contributed by atoms with Gasteiger partial charge in [-0.1, -0.05) is 37.3 Å². The quantitative estimate of drug-likeness (QED) is 0.728. The lowest BCUT2D eigenvalue weighted by molar-refractivity contribution is -0.137. The predicted octanol–water partition coefficient (Wildman–Crippen LogP) is 1.11. The van der Waals surface area contributed by atoms with Gasteiger partial charge in [0, 0.05) is 26.2 Å². The minimum Gasteiger partial charge on any atom is -0.368 e. The van der Waals surface area contributed by atoms with Gasteiger partial charge in [0.25, 0.3) is 0 Å². The van der Waals surface area contributed by atoms with E-state index in [0.29, 0.717) is 25.5 Å². The summed E-state index contributed by atoms with van der Waals surface area (Å²) in [6.07, 6.45) is 0.900. The maximum atomic E-state index is 12.8. The number of benzene rings is 1. The number of aromatic nitrogens is 3. The third-order valence-electron chi connectivity index (χ3n) is 5.67. The van der Waals surface area contributed by atoms with Crippen LogP contribution in [0.25, 0.3) is 0 Å². The molecule has 0 bridgehead atoms. The molecule has 1 aromatic heterocycles. The van der Waals surface area contributed by atoms with Crippen molar-refractivity contribution in [1.82, 2.24) is 24.1 Å². The van der Waals surface area contributed by atoms with E-state index < -0.39 is 6.10 Å². The second kappa shape index (κ2) is 8.92. The van der Waals surface area contributed by atoms with E-state index in [2.05, 4.69) is 16.9 Å². The highest BCUT2D eigenvalue weighted by molar-refractivity contribution is 5.77. The number of rotatable bonds is 6. The Labute approximate surface area is 170 Å². The van der Waals surface area contributed by atoms with Gasteiger partial charge in [-0.05, 0) is 18.5 Å². The Hall–Kier alpha value is -2.45. The average molecular weight is 399 g/mol. The molecule has 1 amide bonds. The van der Waals surface area contributed by atoms with Gasteiger partial charge in [-0.25, -0.2) is 9.48 Å². The van der Waals surface area contributed by atoms with E-state index >= 15 is 0 Å². The summed E-state index contributed by atoms with van der Waals surface area (Å²) in [5.74, 6) is 0.639. The Kier molecular flexibility index (Phi) is 6.10. The van der Waals surface area contributed by atoms with Gasteiger partial charge in [-0.3, -0.25) is 14.3 Å². The lowest BCUT2D eigenvalue weighted by Gasteiger charge is -2.35. The molecule has 2 aliphatic heterocycles. The van der Waals surface area contributed by atoms with Crippen molar-refractivity contribution in [3.05, 3.63) is 52.2 Å². The van der Waals surface area contributed by atoms with Crippen LogP contribution in [0.1, 0.15) is 37.3 Å². The van der Waals surface area contributed by atoms with Crippen LogP contribution in [0.5, 0.6) is 0 Å². The SMILES string of the molecule is CCCN1CCN(C(=O)CC2OCCn3c2nn(Cc2ccccc2)c3=O)CC1. The molecule has 0 spiro atoms. The predicted molar refractivity (Wildman–Crippen MR) is 109 cm³/mol. The van der Waals surface area contributed by atoms with Crippen LogP contribution in [0.2, 0.25) is 0 Å². The lowest BCUT2D eigenvalue weighted by atomic mass is 10.1. The number of hydrogen-bond acceptors (Lipinski definition) is 5. The number of carbonyl (C=O) groups is 1. The first-order chi connectivity index (χ1) is 14.2. The molecule has 0 N–H and O–H groups in total. The first-order valence-electron chi connectivity index (χ1n) is 10.5. The smallest absolute Gasteiger partial charge is 0.346 e. The Morgan fingerprint density at radius 3 is 2.62 bits per heavy atom. The zero-order valence-electron chi connectivity index (χ0n) is 17.0. The number of nitrogens with zero attached hydrogens (tertiary/aromatic N) is 5. The highest BCUT2D eigenvalue weighted by Crippen LogP contribution is 2.24. The van der Waals surface area contributed by atoms with E-state index in [-0.39, 0.29) is 18.0 Å². The molecule has 156 valence electrons. The molecule has 3 heterocycles. The van der Waals surface area contributed by atoms with E-state index in [4.69, 9.17) is 4.74 Å². The number of piperazine rings is 1. The number of hydrogen-bond donors (Lipinski definition) is 0. The van der Waals surface area contributed by atoms with Gasteiger partial charge in [0.05, 0.1) is 26.1 Å². The summed E-state index contributed by atoms with van der Waals surface area (Å²) in [6, 6.07) is 9.78. The molecule has 1 atom stereocenters. The summed E-state index contributed by atoms with van der Waals surface area (Å²) in [7, 11) is 0. The van der Waals surface area contributed by atoms with Gasteiger partial charge in [-0.2, -0.15) is 5.10 Å². The molecule has 2 aromatic rings. The van der Waals surface area contributed by atoms with Crippen molar-refractivity contribution in [1.29, 1.82) is 0 Å². The van der Waals surface area contributed by atoms with Crippen LogP contribution in [0.3, 0.4) is 0 Å². The summed E-state index contributed by atoms with van der Waals surface area (Å²) in [4.78, 5) is 29.9. The van der Waals surface area contributed by atoms with Crippen LogP contribution in [0, 0.1) is 0 Å². The van der Waals surface area contributed by atoms with Crippen LogP contribution < -0.4 is 5.69 Å². The maximum absolute atomic E-state index is 12.8. The molecule has 8 heteroatoms. The van der Waals surface area contributed by atoms with Gasteiger partial charge in [0.2, 0.25) is 5.91 Å².